The average molecular weight is 185 g/mol. The van der Waals surface area contributed by atoms with E-state index >= 15 is 0 Å². The van der Waals surface area contributed by atoms with Crippen LogP contribution >= 0.6 is 0 Å². The molecule has 2 rings (SSSR count). The van der Waals surface area contributed by atoms with Crippen molar-refractivity contribution in [3.8, 4) is 6.01 Å². The van der Waals surface area contributed by atoms with E-state index in [1.165, 1.54) is 4.68 Å². The molecule has 0 bridgehead atoms. The van der Waals surface area contributed by atoms with E-state index in [0.29, 0.717) is 13.2 Å². The van der Waals surface area contributed by atoms with Crippen LogP contribution < -0.4 is 4.74 Å². The lowest BCUT2D eigenvalue weighted by molar-refractivity contribution is -0.147. The highest BCUT2D eigenvalue weighted by atomic mass is 16.5. The Balaban J connectivity index is 2.28. The van der Waals surface area contributed by atoms with Gasteiger partial charge in [0.15, 0.2) is 5.82 Å². The Labute approximate surface area is 72.6 Å². The Hall–Kier alpha value is -1.63. The number of hydrogen-bond acceptors (Lipinski definition) is 5. The SMILES string of the molecule is O=C(O)C(O)c1nc2n(n1)CCO2. The van der Waals surface area contributed by atoms with Crippen LogP contribution in [-0.2, 0) is 11.3 Å². The molecule has 0 amide bonds. The second-order valence-electron chi connectivity index (χ2n) is 2.56. The van der Waals surface area contributed by atoms with E-state index < -0.39 is 12.1 Å². The van der Waals surface area contributed by atoms with Gasteiger partial charge in [0.2, 0.25) is 6.10 Å². The zero-order valence-electron chi connectivity index (χ0n) is 6.54. The summed E-state index contributed by atoms with van der Waals surface area (Å²) in [5.41, 5.74) is 0. The molecule has 2 N–H and O–H groups in total. The van der Waals surface area contributed by atoms with E-state index in [9.17, 15) is 4.79 Å². The third kappa shape index (κ3) is 1.22. The summed E-state index contributed by atoms with van der Waals surface area (Å²) in [5.74, 6) is -1.51. The number of carboxylic acids is 1. The Morgan fingerprint density at radius 1 is 1.69 bits per heavy atom. The van der Waals surface area contributed by atoms with Gasteiger partial charge in [0.25, 0.3) is 0 Å². The molecule has 0 saturated heterocycles. The van der Waals surface area contributed by atoms with Gasteiger partial charge in [0.05, 0.1) is 6.54 Å². The van der Waals surface area contributed by atoms with Gasteiger partial charge in [-0.15, -0.1) is 5.10 Å². The van der Waals surface area contributed by atoms with Gasteiger partial charge < -0.3 is 14.9 Å². The Morgan fingerprint density at radius 3 is 3.08 bits per heavy atom. The number of hydrogen-bond donors (Lipinski definition) is 2. The zero-order chi connectivity index (χ0) is 9.42. The number of rotatable bonds is 2. The first kappa shape index (κ1) is 7.99. The van der Waals surface area contributed by atoms with Crippen LogP contribution in [0.1, 0.15) is 11.9 Å². The van der Waals surface area contributed by atoms with Gasteiger partial charge in [-0.1, -0.05) is 0 Å². The summed E-state index contributed by atoms with van der Waals surface area (Å²) in [6, 6.07) is 0.260. The standard InChI is InChI=1S/C6H7N3O4/c10-3(5(11)12)4-7-6-9(8-4)1-2-13-6/h3,10H,1-2H2,(H,11,12). The molecule has 0 aliphatic carbocycles. The van der Waals surface area contributed by atoms with E-state index in [1.54, 1.807) is 0 Å². The molecule has 70 valence electrons. The summed E-state index contributed by atoms with van der Waals surface area (Å²) in [7, 11) is 0. The molecular formula is C6H7N3O4. The molecule has 0 fully saturated rings. The second-order valence-corrected chi connectivity index (χ2v) is 2.56. The van der Waals surface area contributed by atoms with Crippen LogP contribution in [-0.4, -0.2) is 37.6 Å². The summed E-state index contributed by atoms with van der Waals surface area (Å²) >= 11 is 0. The molecule has 0 spiro atoms. The smallest absolute Gasteiger partial charge is 0.340 e. The number of aliphatic hydroxyl groups excluding tert-OH is 1. The molecule has 1 atom stereocenters. The normalized spacial score (nSPS) is 16.4. The fourth-order valence-electron chi connectivity index (χ4n) is 1.05. The fraction of sp³-hybridized carbons (Fsp3) is 0.500. The summed E-state index contributed by atoms with van der Waals surface area (Å²) in [6.07, 6.45) is -1.68. The molecular weight excluding hydrogens is 178 g/mol. The van der Waals surface area contributed by atoms with E-state index in [0.717, 1.165) is 0 Å². The molecule has 7 heteroatoms. The van der Waals surface area contributed by atoms with Gasteiger partial charge in [0.1, 0.15) is 6.61 Å². The minimum Gasteiger partial charge on any atom is -0.479 e. The minimum absolute atomic E-state index is 0.137. The maximum absolute atomic E-state index is 10.3. The molecule has 0 aromatic carbocycles. The first-order chi connectivity index (χ1) is 6.18. The third-order valence-electron chi connectivity index (χ3n) is 1.67. The van der Waals surface area contributed by atoms with E-state index in [2.05, 4.69) is 10.1 Å². The molecule has 1 unspecified atom stereocenters. The van der Waals surface area contributed by atoms with Crippen molar-refractivity contribution >= 4 is 5.97 Å². The fourth-order valence-corrected chi connectivity index (χ4v) is 1.05. The quantitative estimate of drug-likeness (QED) is 0.599. The molecule has 0 saturated carbocycles. The second kappa shape index (κ2) is 2.70. The Bertz CT molecular complexity index is 326. The Morgan fingerprint density at radius 2 is 2.46 bits per heavy atom. The molecule has 2 heterocycles. The highest BCUT2D eigenvalue weighted by Gasteiger charge is 2.25. The van der Waals surface area contributed by atoms with Gasteiger partial charge in [-0.25, -0.2) is 9.48 Å². The van der Waals surface area contributed by atoms with Gasteiger partial charge in [-0.2, -0.15) is 4.98 Å². The monoisotopic (exact) mass is 185 g/mol. The molecule has 1 aliphatic rings. The van der Waals surface area contributed by atoms with Crippen molar-refractivity contribution in [3.05, 3.63) is 5.82 Å². The van der Waals surface area contributed by atoms with Crippen molar-refractivity contribution in [2.24, 2.45) is 0 Å². The maximum atomic E-state index is 10.3. The lowest BCUT2D eigenvalue weighted by Crippen LogP contribution is -2.13. The van der Waals surface area contributed by atoms with Crippen molar-refractivity contribution in [3.63, 3.8) is 0 Å². The molecule has 0 radical (unpaired) electrons. The summed E-state index contributed by atoms with van der Waals surface area (Å²) in [6.45, 7) is 1.02. The molecule has 1 aromatic rings. The molecule has 1 aliphatic heterocycles. The molecule has 7 nitrogen and oxygen atoms in total. The van der Waals surface area contributed by atoms with Crippen LogP contribution in [0.3, 0.4) is 0 Å². The highest BCUT2D eigenvalue weighted by molar-refractivity contribution is 5.72. The summed E-state index contributed by atoms with van der Waals surface area (Å²) < 4.78 is 6.41. The average Bonchev–Trinajstić information content (AvgIpc) is 2.59. The van der Waals surface area contributed by atoms with Crippen LogP contribution in [0.5, 0.6) is 6.01 Å². The number of carbonyl (C=O) groups is 1. The number of aromatic nitrogens is 3. The minimum atomic E-state index is -1.68. The molecule has 1 aromatic heterocycles. The van der Waals surface area contributed by atoms with Gasteiger partial charge >= 0.3 is 12.0 Å². The lowest BCUT2D eigenvalue weighted by Gasteiger charge is -1.97. The predicted octanol–water partition coefficient (Wildman–Crippen LogP) is -1.21. The number of aliphatic carboxylic acids is 1. The third-order valence-corrected chi connectivity index (χ3v) is 1.67. The number of carboxylic acid groups (broad SMARTS) is 1. The van der Waals surface area contributed by atoms with E-state index in [1.807, 2.05) is 0 Å². The predicted molar refractivity (Wildman–Crippen MR) is 38.1 cm³/mol. The van der Waals surface area contributed by atoms with Gasteiger partial charge in [0, 0.05) is 0 Å². The van der Waals surface area contributed by atoms with Crippen molar-refractivity contribution in [2.45, 2.75) is 12.6 Å². The maximum Gasteiger partial charge on any atom is 0.340 e. The van der Waals surface area contributed by atoms with Crippen LogP contribution in [0.25, 0.3) is 0 Å². The van der Waals surface area contributed by atoms with Crippen molar-refractivity contribution < 1.29 is 19.7 Å². The van der Waals surface area contributed by atoms with Crippen LogP contribution in [0.2, 0.25) is 0 Å². The topological polar surface area (TPSA) is 97.5 Å². The largest absolute Gasteiger partial charge is 0.479 e. The van der Waals surface area contributed by atoms with E-state index in [-0.39, 0.29) is 11.8 Å². The van der Waals surface area contributed by atoms with Crippen molar-refractivity contribution in [1.29, 1.82) is 0 Å². The number of fused-ring (bicyclic) bond motifs is 1. The highest BCUT2D eigenvalue weighted by Crippen LogP contribution is 2.17. The lowest BCUT2D eigenvalue weighted by atomic mass is 10.3. The number of aliphatic hydroxyl groups is 1. The van der Waals surface area contributed by atoms with Gasteiger partial charge in [-0.3, -0.25) is 0 Å². The first-order valence-corrected chi connectivity index (χ1v) is 3.67. The number of ether oxygens (including phenoxy) is 1. The van der Waals surface area contributed by atoms with Crippen molar-refractivity contribution in [2.75, 3.05) is 6.61 Å². The summed E-state index contributed by atoms with van der Waals surface area (Å²) in [5, 5.41) is 21.3. The van der Waals surface area contributed by atoms with Crippen LogP contribution in [0.4, 0.5) is 0 Å². The van der Waals surface area contributed by atoms with Gasteiger partial charge in [-0.05, 0) is 0 Å². The molecule has 13 heavy (non-hydrogen) atoms. The van der Waals surface area contributed by atoms with E-state index in [4.69, 9.17) is 14.9 Å². The Kier molecular flexibility index (Phi) is 1.66. The van der Waals surface area contributed by atoms with Crippen LogP contribution in [0, 0.1) is 0 Å². The van der Waals surface area contributed by atoms with Crippen molar-refractivity contribution in [1.82, 2.24) is 14.8 Å². The van der Waals surface area contributed by atoms with Crippen LogP contribution in [0.15, 0.2) is 0 Å². The number of nitrogens with zero attached hydrogens (tertiary/aromatic N) is 3. The first-order valence-electron chi connectivity index (χ1n) is 3.67. The summed E-state index contributed by atoms with van der Waals surface area (Å²) in [4.78, 5) is 14.1. The zero-order valence-corrected chi connectivity index (χ0v) is 6.54.